The Balaban J connectivity index is 2.63. The van der Waals surface area contributed by atoms with Crippen LogP contribution in [-0.4, -0.2) is 33.6 Å². The highest BCUT2D eigenvalue weighted by atomic mass is 16.3. The lowest BCUT2D eigenvalue weighted by Crippen LogP contribution is -2.40. The van der Waals surface area contributed by atoms with Crippen molar-refractivity contribution in [3.05, 3.63) is 17.0 Å². The molecule has 0 spiro atoms. The van der Waals surface area contributed by atoms with E-state index in [1.165, 1.54) is 0 Å². The topological polar surface area (TPSA) is 79.2 Å². The highest BCUT2D eigenvalue weighted by molar-refractivity contribution is 5.74. The maximum Gasteiger partial charge on any atom is 0.315 e. The molecule has 0 saturated heterocycles. The molecule has 20 heavy (non-hydrogen) atoms. The Hall–Kier alpha value is -1.56. The number of amides is 2. The zero-order valence-corrected chi connectivity index (χ0v) is 12.9. The van der Waals surface area contributed by atoms with Crippen LogP contribution in [0.4, 0.5) is 4.79 Å². The summed E-state index contributed by atoms with van der Waals surface area (Å²) in [5.74, 6) is 0. The van der Waals surface area contributed by atoms with Crippen LogP contribution in [0.5, 0.6) is 0 Å². The van der Waals surface area contributed by atoms with Crippen LogP contribution in [0.2, 0.25) is 0 Å². The van der Waals surface area contributed by atoms with E-state index in [0.717, 1.165) is 29.8 Å². The highest BCUT2D eigenvalue weighted by Crippen LogP contribution is 2.15. The predicted octanol–water partition coefficient (Wildman–Crippen LogP) is 1.11. The average Bonchev–Trinajstić information content (AvgIpc) is 2.71. The number of hydrogen-bond acceptors (Lipinski definition) is 3. The van der Waals surface area contributed by atoms with E-state index in [-0.39, 0.29) is 18.7 Å². The maximum atomic E-state index is 11.8. The van der Waals surface area contributed by atoms with Crippen molar-refractivity contribution in [1.82, 2.24) is 20.4 Å². The molecule has 114 valence electrons. The minimum atomic E-state index is -0.209. The van der Waals surface area contributed by atoms with E-state index in [9.17, 15) is 4.79 Å². The van der Waals surface area contributed by atoms with Gasteiger partial charge in [-0.3, -0.25) is 4.68 Å². The number of hydrogen-bond donors (Lipinski definition) is 3. The molecule has 1 aromatic heterocycles. The van der Waals surface area contributed by atoms with Crippen molar-refractivity contribution in [3.63, 3.8) is 0 Å². The molecule has 0 aliphatic rings. The summed E-state index contributed by atoms with van der Waals surface area (Å²) < 4.78 is 1.89. The fourth-order valence-electron chi connectivity index (χ4n) is 2.30. The van der Waals surface area contributed by atoms with Crippen LogP contribution < -0.4 is 10.6 Å². The Morgan fingerprint density at radius 1 is 1.40 bits per heavy atom. The fourth-order valence-corrected chi connectivity index (χ4v) is 2.30. The van der Waals surface area contributed by atoms with Crippen molar-refractivity contribution in [1.29, 1.82) is 0 Å². The molecular formula is C14H26N4O2. The van der Waals surface area contributed by atoms with Crippen molar-refractivity contribution >= 4 is 6.03 Å². The highest BCUT2D eigenvalue weighted by Gasteiger charge is 2.14. The number of aliphatic hydroxyl groups is 1. The minimum absolute atomic E-state index is 0.0369. The minimum Gasteiger partial charge on any atom is -0.396 e. The molecule has 1 heterocycles. The van der Waals surface area contributed by atoms with E-state index in [2.05, 4.69) is 29.6 Å². The average molecular weight is 282 g/mol. The van der Waals surface area contributed by atoms with E-state index in [1.54, 1.807) is 0 Å². The number of aromatic nitrogens is 2. The molecule has 6 heteroatoms. The number of nitrogens with one attached hydrogen (secondary N) is 2. The molecule has 0 bridgehead atoms. The Bertz CT molecular complexity index is 443. The molecule has 0 aliphatic carbocycles. The zero-order chi connectivity index (χ0) is 15.1. The maximum absolute atomic E-state index is 11.8. The van der Waals surface area contributed by atoms with E-state index >= 15 is 0 Å². The summed E-state index contributed by atoms with van der Waals surface area (Å²) in [7, 11) is 1.94. The van der Waals surface area contributed by atoms with Gasteiger partial charge in [0.25, 0.3) is 0 Å². The summed E-state index contributed by atoms with van der Waals surface area (Å²) in [6, 6.07) is -0.246. The third-order valence-electron chi connectivity index (χ3n) is 3.39. The molecular weight excluding hydrogens is 256 g/mol. The molecule has 1 atom stereocenters. The van der Waals surface area contributed by atoms with Crippen molar-refractivity contribution < 1.29 is 9.90 Å². The quantitative estimate of drug-likeness (QED) is 0.701. The van der Waals surface area contributed by atoms with Gasteiger partial charge in [-0.1, -0.05) is 13.8 Å². The van der Waals surface area contributed by atoms with Crippen molar-refractivity contribution in [2.75, 3.05) is 6.61 Å². The summed E-state index contributed by atoms with van der Waals surface area (Å²) in [6.45, 7) is 6.58. The SMILES string of the molecule is CCc1nn(C)c(CC)c1CNC(=O)N[C@H](C)CCO. The molecule has 1 aromatic rings. The fraction of sp³-hybridized carbons (Fsp3) is 0.714. The van der Waals surface area contributed by atoms with Gasteiger partial charge in [0, 0.05) is 37.5 Å². The standard InChI is InChI=1S/C14H26N4O2/c1-5-12-11(13(6-2)18(4)17-12)9-15-14(20)16-10(3)7-8-19/h10,19H,5-9H2,1-4H3,(H2,15,16,20)/t10-/m1/s1. The monoisotopic (exact) mass is 282 g/mol. The van der Waals surface area contributed by atoms with Gasteiger partial charge in [0.2, 0.25) is 0 Å². The van der Waals surface area contributed by atoms with Crippen molar-refractivity contribution in [2.45, 2.75) is 52.6 Å². The Labute approximate surface area is 120 Å². The molecule has 3 N–H and O–H groups in total. The van der Waals surface area contributed by atoms with Crippen molar-refractivity contribution in [2.24, 2.45) is 7.05 Å². The number of aliphatic hydroxyl groups excluding tert-OH is 1. The second-order valence-corrected chi connectivity index (χ2v) is 4.94. The van der Waals surface area contributed by atoms with Gasteiger partial charge in [0.1, 0.15) is 0 Å². The third kappa shape index (κ3) is 4.23. The molecule has 1 rings (SSSR count). The molecule has 0 saturated carbocycles. The van der Waals surface area contributed by atoms with Crippen LogP contribution in [0.15, 0.2) is 0 Å². The first-order valence-electron chi connectivity index (χ1n) is 7.22. The molecule has 0 unspecified atom stereocenters. The van der Waals surface area contributed by atoms with Crippen molar-refractivity contribution in [3.8, 4) is 0 Å². The Morgan fingerprint density at radius 3 is 2.65 bits per heavy atom. The number of urea groups is 1. The van der Waals surface area contributed by atoms with E-state index < -0.39 is 0 Å². The largest absolute Gasteiger partial charge is 0.396 e. The van der Waals surface area contributed by atoms with Gasteiger partial charge in [0.15, 0.2) is 0 Å². The van der Waals surface area contributed by atoms with Gasteiger partial charge in [0.05, 0.1) is 5.69 Å². The number of aryl methyl sites for hydroxylation is 2. The summed E-state index contributed by atoms with van der Waals surface area (Å²) >= 11 is 0. The third-order valence-corrected chi connectivity index (χ3v) is 3.39. The molecule has 0 aromatic carbocycles. The first-order chi connectivity index (χ1) is 9.53. The smallest absolute Gasteiger partial charge is 0.315 e. The van der Waals surface area contributed by atoms with E-state index in [0.29, 0.717) is 13.0 Å². The van der Waals surface area contributed by atoms with E-state index in [1.807, 2.05) is 18.7 Å². The zero-order valence-electron chi connectivity index (χ0n) is 12.9. The molecule has 2 amide bonds. The number of rotatable bonds is 7. The summed E-state index contributed by atoms with van der Waals surface area (Å²) in [6.07, 6.45) is 2.30. The van der Waals surface area contributed by atoms with Crippen LogP contribution in [0, 0.1) is 0 Å². The van der Waals surface area contributed by atoms with Gasteiger partial charge in [-0.25, -0.2) is 4.79 Å². The summed E-state index contributed by atoms with van der Waals surface area (Å²) in [5, 5.41) is 19.0. The number of carbonyl (C=O) groups is 1. The Morgan fingerprint density at radius 2 is 2.10 bits per heavy atom. The van der Waals surface area contributed by atoms with Gasteiger partial charge in [-0.15, -0.1) is 0 Å². The lowest BCUT2D eigenvalue weighted by molar-refractivity contribution is 0.230. The second kappa shape index (κ2) is 7.89. The van der Waals surface area contributed by atoms with Gasteiger partial charge in [-0.2, -0.15) is 5.10 Å². The summed E-state index contributed by atoms with van der Waals surface area (Å²) in [5.41, 5.74) is 3.31. The second-order valence-electron chi connectivity index (χ2n) is 4.94. The van der Waals surface area contributed by atoms with Crippen LogP contribution in [-0.2, 0) is 26.4 Å². The van der Waals surface area contributed by atoms with Crippen LogP contribution in [0.1, 0.15) is 44.1 Å². The van der Waals surface area contributed by atoms with E-state index in [4.69, 9.17) is 5.11 Å². The van der Waals surface area contributed by atoms with Gasteiger partial charge in [-0.05, 0) is 26.2 Å². The van der Waals surface area contributed by atoms with Crippen LogP contribution in [0.3, 0.4) is 0 Å². The van der Waals surface area contributed by atoms with Crippen LogP contribution in [0.25, 0.3) is 0 Å². The van der Waals surface area contributed by atoms with Crippen LogP contribution >= 0.6 is 0 Å². The van der Waals surface area contributed by atoms with Gasteiger partial charge < -0.3 is 15.7 Å². The number of carbonyl (C=O) groups excluding carboxylic acids is 1. The normalized spacial score (nSPS) is 12.2. The predicted molar refractivity (Wildman–Crippen MR) is 78.5 cm³/mol. The number of nitrogens with zero attached hydrogens (tertiary/aromatic N) is 2. The molecule has 0 radical (unpaired) electrons. The molecule has 6 nitrogen and oxygen atoms in total. The first kappa shape index (κ1) is 16.5. The lowest BCUT2D eigenvalue weighted by atomic mass is 10.1. The lowest BCUT2D eigenvalue weighted by Gasteiger charge is -2.14. The van der Waals surface area contributed by atoms with Gasteiger partial charge >= 0.3 is 6.03 Å². The Kier molecular flexibility index (Phi) is 6.51. The summed E-state index contributed by atoms with van der Waals surface area (Å²) in [4.78, 5) is 11.8. The molecule has 0 aliphatic heterocycles. The first-order valence-corrected chi connectivity index (χ1v) is 7.22. The molecule has 0 fully saturated rings.